The summed E-state index contributed by atoms with van der Waals surface area (Å²) in [6.07, 6.45) is 7.27. The molecule has 0 spiro atoms. The fraction of sp³-hybridized carbons (Fsp3) is 0.389. The first-order valence-electron chi connectivity index (χ1n) is 7.70. The van der Waals surface area contributed by atoms with E-state index in [0.717, 1.165) is 13.0 Å². The smallest absolute Gasteiger partial charge is 0.0558 e. The minimum atomic E-state index is 0.193. The van der Waals surface area contributed by atoms with Crippen LogP contribution in [0.4, 0.5) is 0 Å². The summed E-state index contributed by atoms with van der Waals surface area (Å²) in [5.41, 5.74) is 4.10. The highest BCUT2D eigenvalue weighted by Crippen LogP contribution is 2.34. The van der Waals surface area contributed by atoms with Crippen LogP contribution in [0.3, 0.4) is 0 Å². The van der Waals surface area contributed by atoms with Crippen LogP contribution in [-0.2, 0) is 13.0 Å². The molecule has 0 radical (unpaired) electrons. The molecule has 110 valence electrons. The van der Waals surface area contributed by atoms with Gasteiger partial charge in [0.05, 0.1) is 6.61 Å². The summed E-state index contributed by atoms with van der Waals surface area (Å²) in [5.74, 6) is 0. The number of benzene rings is 1. The molecule has 0 saturated carbocycles. The molecule has 0 saturated heterocycles. The van der Waals surface area contributed by atoms with E-state index < -0.39 is 0 Å². The Hall–Kier alpha value is -1.71. The molecule has 1 atom stereocenters. The van der Waals surface area contributed by atoms with E-state index in [9.17, 15) is 5.11 Å². The summed E-state index contributed by atoms with van der Waals surface area (Å²) in [5, 5.41) is 9.44. The number of rotatable bonds is 5. The highest BCUT2D eigenvalue weighted by Gasteiger charge is 2.25. The molecule has 1 aromatic carbocycles. The number of aliphatic hydroxyl groups is 1. The zero-order valence-electron chi connectivity index (χ0n) is 12.3. The summed E-state index contributed by atoms with van der Waals surface area (Å²) in [4.78, 5) is 6.58. The predicted octanol–water partition coefficient (Wildman–Crippen LogP) is 2.95. The van der Waals surface area contributed by atoms with Gasteiger partial charge in [-0.15, -0.1) is 0 Å². The van der Waals surface area contributed by atoms with Gasteiger partial charge in [-0.3, -0.25) is 9.88 Å². The lowest BCUT2D eigenvalue weighted by atomic mass is 9.86. The number of nitrogens with zero attached hydrogens (tertiary/aromatic N) is 2. The van der Waals surface area contributed by atoms with Crippen LogP contribution in [0.25, 0.3) is 0 Å². The molecule has 1 unspecified atom stereocenters. The van der Waals surface area contributed by atoms with Crippen LogP contribution >= 0.6 is 0 Å². The minimum Gasteiger partial charge on any atom is -0.395 e. The number of hydrogen-bond donors (Lipinski definition) is 1. The molecule has 1 aliphatic rings. The van der Waals surface area contributed by atoms with E-state index in [4.69, 9.17) is 0 Å². The van der Waals surface area contributed by atoms with Gasteiger partial charge in [0, 0.05) is 31.5 Å². The molecule has 0 fully saturated rings. The average molecular weight is 282 g/mol. The Morgan fingerprint density at radius 2 is 2.10 bits per heavy atom. The number of aliphatic hydroxyl groups excluding tert-OH is 1. The van der Waals surface area contributed by atoms with Gasteiger partial charge in [-0.25, -0.2) is 0 Å². The van der Waals surface area contributed by atoms with Crippen LogP contribution in [0.1, 0.15) is 35.6 Å². The molecule has 0 amide bonds. The van der Waals surface area contributed by atoms with E-state index in [0.29, 0.717) is 12.6 Å². The van der Waals surface area contributed by atoms with E-state index in [1.165, 1.54) is 29.5 Å². The first-order valence-corrected chi connectivity index (χ1v) is 7.70. The first kappa shape index (κ1) is 14.2. The molecule has 3 nitrogen and oxygen atoms in total. The molecule has 1 N–H and O–H groups in total. The Kier molecular flexibility index (Phi) is 4.63. The quantitative estimate of drug-likeness (QED) is 0.916. The maximum atomic E-state index is 9.44. The lowest BCUT2D eigenvalue weighted by Gasteiger charge is -2.35. The first-order chi connectivity index (χ1) is 10.4. The monoisotopic (exact) mass is 282 g/mol. The highest BCUT2D eigenvalue weighted by molar-refractivity contribution is 5.32. The summed E-state index contributed by atoms with van der Waals surface area (Å²) in [7, 11) is 0. The number of fused-ring (bicyclic) bond motifs is 1. The molecule has 0 aliphatic heterocycles. The second-order valence-corrected chi connectivity index (χ2v) is 5.66. The maximum absolute atomic E-state index is 9.44. The summed E-state index contributed by atoms with van der Waals surface area (Å²) >= 11 is 0. The summed E-state index contributed by atoms with van der Waals surface area (Å²) in [6, 6.07) is 13.2. The van der Waals surface area contributed by atoms with Gasteiger partial charge in [-0.1, -0.05) is 30.3 Å². The molecule has 1 heterocycles. The van der Waals surface area contributed by atoms with E-state index in [2.05, 4.69) is 40.2 Å². The molecule has 1 aromatic heterocycles. The van der Waals surface area contributed by atoms with Gasteiger partial charge in [-0.2, -0.15) is 0 Å². The van der Waals surface area contributed by atoms with Gasteiger partial charge < -0.3 is 5.11 Å². The van der Waals surface area contributed by atoms with E-state index in [-0.39, 0.29) is 6.61 Å². The van der Waals surface area contributed by atoms with Crippen molar-refractivity contribution in [3.63, 3.8) is 0 Å². The predicted molar refractivity (Wildman–Crippen MR) is 83.9 cm³/mol. The van der Waals surface area contributed by atoms with Crippen molar-refractivity contribution in [2.45, 2.75) is 31.8 Å². The molecule has 0 bridgehead atoms. The molecule has 2 aromatic rings. The SMILES string of the molecule is OCCN(Cc1cccnc1)C1CCCc2ccccc21. The third kappa shape index (κ3) is 3.31. The van der Waals surface area contributed by atoms with Gasteiger partial charge in [0.2, 0.25) is 0 Å². The Labute approximate surface area is 126 Å². The number of hydrogen-bond acceptors (Lipinski definition) is 3. The van der Waals surface area contributed by atoms with Crippen molar-refractivity contribution in [1.82, 2.24) is 9.88 Å². The molecule has 3 heteroatoms. The number of aromatic nitrogens is 1. The zero-order valence-corrected chi connectivity index (χ0v) is 12.3. The Bertz CT molecular complexity index is 570. The van der Waals surface area contributed by atoms with Gasteiger partial charge in [0.25, 0.3) is 0 Å². The van der Waals surface area contributed by atoms with Crippen LogP contribution < -0.4 is 0 Å². The van der Waals surface area contributed by atoms with Crippen molar-refractivity contribution in [2.75, 3.05) is 13.2 Å². The summed E-state index contributed by atoms with van der Waals surface area (Å²) in [6.45, 7) is 1.74. The Balaban J connectivity index is 1.84. The van der Waals surface area contributed by atoms with E-state index >= 15 is 0 Å². The maximum Gasteiger partial charge on any atom is 0.0558 e. The van der Waals surface area contributed by atoms with Crippen LogP contribution in [0, 0.1) is 0 Å². The van der Waals surface area contributed by atoms with Crippen molar-refractivity contribution in [3.05, 3.63) is 65.5 Å². The topological polar surface area (TPSA) is 36.4 Å². The molecule has 3 rings (SSSR count). The third-order valence-corrected chi connectivity index (χ3v) is 4.27. The lowest BCUT2D eigenvalue weighted by molar-refractivity contribution is 0.131. The minimum absolute atomic E-state index is 0.193. The van der Waals surface area contributed by atoms with Gasteiger partial charge in [-0.05, 0) is 42.0 Å². The van der Waals surface area contributed by atoms with Crippen molar-refractivity contribution in [1.29, 1.82) is 0 Å². The van der Waals surface area contributed by atoms with Crippen molar-refractivity contribution >= 4 is 0 Å². The molecule has 21 heavy (non-hydrogen) atoms. The average Bonchev–Trinajstić information content (AvgIpc) is 2.55. The van der Waals surface area contributed by atoms with E-state index in [1.54, 1.807) is 6.20 Å². The standard InChI is InChI=1S/C18H22N2O/c21-12-11-20(14-15-5-4-10-19-13-15)18-9-3-7-16-6-1-2-8-17(16)18/h1-2,4-6,8,10,13,18,21H,3,7,9,11-12,14H2. The van der Waals surface area contributed by atoms with Crippen molar-refractivity contribution in [2.24, 2.45) is 0 Å². The van der Waals surface area contributed by atoms with Crippen LogP contribution in [-0.4, -0.2) is 28.1 Å². The molecule has 1 aliphatic carbocycles. The summed E-state index contributed by atoms with van der Waals surface area (Å²) < 4.78 is 0. The zero-order chi connectivity index (χ0) is 14.5. The van der Waals surface area contributed by atoms with Crippen LogP contribution in [0.15, 0.2) is 48.8 Å². The number of aryl methyl sites for hydroxylation is 1. The van der Waals surface area contributed by atoms with Crippen LogP contribution in [0.5, 0.6) is 0 Å². The van der Waals surface area contributed by atoms with Crippen molar-refractivity contribution < 1.29 is 5.11 Å². The van der Waals surface area contributed by atoms with Gasteiger partial charge >= 0.3 is 0 Å². The second kappa shape index (κ2) is 6.83. The Morgan fingerprint density at radius 3 is 2.90 bits per heavy atom. The fourth-order valence-electron chi connectivity index (χ4n) is 3.31. The highest BCUT2D eigenvalue weighted by atomic mass is 16.3. The van der Waals surface area contributed by atoms with Gasteiger partial charge in [0.1, 0.15) is 0 Å². The number of pyridine rings is 1. The fourth-order valence-corrected chi connectivity index (χ4v) is 3.31. The normalized spacial score (nSPS) is 17.7. The van der Waals surface area contributed by atoms with Gasteiger partial charge in [0.15, 0.2) is 0 Å². The molecular formula is C18H22N2O. The Morgan fingerprint density at radius 1 is 1.19 bits per heavy atom. The van der Waals surface area contributed by atoms with E-state index in [1.807, 2.05) is 12.3 Å². The van der Waals surface area contributed by atoms with Crippen LogP contribution in [0.2, 0.25) is 0 Å². The van der Waals surface area contributed by atoms with Crippen molar-refractivity contribution in [3.8, 4) is 0 Å². The largest absolute Gasteiger partial charge is 0.395 e. The lowest BCUT2D eigenvalue weighted by Crippen LogP contribution is -2.33. The molecular weight excluding hydrogens is 260 g/mol. The second-order valence-electron chi connectivity index (χ2n) is 5.66. The third-order valence-electron chi connectivity index (χ3n) is 4.27.